The first-order chi connectivity index (χ1) is 13.5. The fourth-order valence-electron chi connectivity index (χ4n) is 2.63. The highest BCUT2D eigenvalue weighted by Gasteiger charge is 2.14. The number of carboxylic acid groups (broad SMARTS) is 1. The van der Waals surface area contributed by atoms with E-state index in [1.54, 1.807) is 36.4 Å². The molecule has 1 unspecified atom stereocenters. The number of hydrogen-bond acceptors (Lipinski definition) is 5. The maximum atomic E-state index is 11.8. The summed E-state index contributed by atoms with van der Waals surface area (Å²) >= 11 is 0. The van der Waals surface area contributed by atoms with E-state index in [2.05, 4.69) is 5.48 Å². The van der Waals surface area contributed by atoms with Crippen LogP contribution in [0.1, 0.15) is 34.3 Å². The minimum atomic E-state index is -1.04. The molecule has 7 nitrogen and oxygen atoms in total. The SMILES string of the molecule is O=CC(CCC(=O)NOC(=O)Cc1ccccc1)Cc1cccc(C(=O)O)c1. The van der Waals surface area contributed by atoms with E-state index in [4.69, 9.17) is 9.94 Å². The topological polar surface area (TPSA) is 110 Å². The van der Waals surface area contributed by atoms with Crippen LogP contribution in [0.5, 0.6) is 0 Å². The van der Waals surface area contributed by atoms with Gasteiger partial charge in [0.2, 0.25) is 0 Å². The van der Waals surface area contributed by atoms with Crippen LogP contribution in [0.15, 0.2) is 54.6 Å². The molecular formula is C21H21NO6. The second-order valence-corrected chi connectivity index (χ2v) is 6.31. The highest BCUT2D eigenvalue weighted by Crippen LogP contribution is 2.14. The fraction of sp³-hybridized carbons (Fsp3) is 0.238. The Morgan fingerprint density at radius 1 is 1.04 bits per heavy atom. The normalized spacial score (nSPS) is 11.3. The number of carboxylic acids is 1. The Hall–Kier alpha value is -3.48. The summed E-state index contributed by atoms with van der Waals surface area (Å²) in [7, 11) is 0. The summed E-state index contributed by atoms with van der Waals surface area (Å²) in [6.45, 7) is 0. The Labute approximate surface area is 162 Å². The van der Waals surface area contributed by atoms with Crippen LogP contribution < -0.4 is 5.48 Å². The van der Waals surface area contributed by atoms with Gasteiger partial charge >= 0.3 is 11.9 Å². The van der Waals surface area contributed by atoms with Crippen molar-refractivity contribution in [2.45, 2.75) is 25.7 Å². The smallest absolute Gasteiger partial charge is 0.336 e. The lowest BCUT2D eigenvalue weighted by atomic mass is 9.95. The summed E-state index contributed by atoms with van der Waals surface area (Å²) in [6, 6.07) is 15.3. The van der Waals surface area contributed by atoms with E-state index in [0.29, 0.717) is 12.0 Å². The van der Waals surface area contributed by atoms with Gasteiger partial charge in [-0.2, -0.15) is 5.48 Å². The van der Waals surface area contributed by atoms with Gasteiger partial charge in [-0.3, -0.25) is 4.79 Å². The quantitative estimate of drug-likeness (QED) is 0.508. The molecule has 0 aliphatic heterocycles. The molecule has 0 heterocycles. The molecule has 2 rings (SSSR count). The molecule has 0 aliphatic rings. The van der Waals surface area contributed by atoms with E-state index in [-0.39, 0.29) is 24.8 Å². The molecule has 28 heavy (non-hydrogen) atoms. The second kappa shape index (κ2) is 10.6. The predicted octanol–water partition coefficient (Wildman–Crippen LogP) is 2.34. The zero-order valence-electron chi connectivity index (χ0n) is 15.2. The minimum Gasteiger partial charge on any atom is -0.478 e. The third kappa shape index (κ3) is 7.03. The van der Waals surface area contributed by atoms with Crippen molar-refractivity contribution in [2.24, 2.45) is 5.92 Å². The number of benzene rings is 2. The Morgan fingerprint density at radius 3 is 2.43 bits per heavy atom. The summed E-state index contributed by atoms with van der Waals surface area (Å²) in [4.78, 5) is 50.6. The maximum Gasteiger partial charge on any atom is 0.336 e. The highest BCUT2D eigenvalue weighted by atomic mass is 16.7. The van der Waals surface area contributed by atoms with Crippen LogP contribution in [0, 0.1) is 5.92 Å². The summed E-state index contributed by atoms with van der Waals surface area (Å²) in [5.41, 5.74) is 3.70. The molecule has 146 valence electrons. The Bertz CT molecular complexity index is 834. The van der Waals surface area contributed by atoms with E-state index in [9.17, 15) is 19.2 Å². The number of hydroxylamine groups is 1. The molecule has 0 radical (unpaired) electrons. The van der Waals surface area contributed by atoms with Gasteiger partial charge in [-0.15, -0.1) is 0 Å². The molecule has 2 aromatic rings. The molecule has 1 amide bonds. The number of carbonyl (C=O) groups is 4. The Kier molecular flexibility index (Phi) is 7.90. The molecule has 0 bridgehead atoms. The molecule has 0 saturated carbocycles. The average Bonchev–Trinajstić information content (AvgIpc) is 2.70. The molecule has 0 saturated heterocycles. The number of hydrogen-bond donors (Lipinski definition) is 2. The van der Waals surface area contributed by atoms with Crippen LogP contribution in [0.25, 0.3) is 0 Å². The van der Waals surface area contributed by atoms with Crippen molar-refractivity contribution in [2.75, 3.05) is 0 Å². The van der Waals surface area contributed by atoms with Gasteiger partial charge in [0.15, 0.2) is 0 Å². The largest absolute Gasteiger partial charge is 0.478 e. The monoisotopic (exact) mass is 383 g/mol. The standard InChI is InChI=1S/C21H21NO6/c23-14-17(11-16-7-4-8-18(12-16)21(26)27)9-10-19(24)22-28-20(25)13-15-5-2-1-3-6-15/h1-8,12,14,17H,9-11,13H2,(H,22,24)(H,26,27). The van der Waals surface area contributed by atoms with E-state index in [1.165, 1.54) is 12.1 Å². The van der Waals surface area contributed by atoms with E-state index >= 15 is 0 Å². The lowest BCUT2D eigenvalue weighted by Crippen LogP contribution is -2.28. The third-order valence-corrected chi connectivity index (χ3v) is 4.08. The summed E-state index contributed by atoms with van der Waals surface area (Å²) in [5, 5.41) is 9.01. The summed E-state index contributed by atoms with van der Waals surface area (Å²) < 4.78 is 0. The van der Waals surface area contributed by atoms with Crippen LogP contribution in [0.2, 0.25) is 0 Å². The van der Waals surface area contributed by atoms with Crippen molar-refractivity contribution < 1.29 is 29.1 Å². The van der Waals surface area contributed by atoms with E-state index < -0.39 is 23.8 Å². The second-order valence-electron chi connectivity index (χ2n) is 6.31. The lowest BCUT2D eigenvalue weighted by molar-refractivity contribution is -0.157. The Balaban J connectivity index is 1.75. The molecule has 0 fully saturated rings. The molecule has 0 aliphatic carbocycles. The molecule has 2 aromatic carbocycles. The zero-order valence-corrected chi connectivity index (χ0v) is 15.2. The molecule has 2 N–H and O–H groups in total. The van der Waals surface area contributed by atoms with Crippen molar-refractivity contribution in [1.82, 2.24) is 5.48 Å². The fourth-order valence-corrected chi connectivity index (χ4v) is 2.63. The van der Waals surface area contributed by atoms with Crippen molar-refractivity contribution in [1.29, 1.82) is 0 Å². The maximum absolute atomic E-state index is 11.8. The molecule has 0 aromatic heterocycles. The van der Waals surface area contributed by atoms with Crippen molar-refractivity contribution >= 4 is 24.1 Å². The Morgan fingerprint density at radius 2 is 1.75 bits per heavy atom. The number of amides is 1. The number of rotatable bonds is 9. The van der Waals surface area contributed by atoms with Gasteiger partial charge in [-0.1, -0.05) is 42.5 Å². The van der Waals surface area contributed by atoms with Gasteiger partial charge < -0.3 is 14.7 Å². The van der Waals surface area contributed by atoms with Crippen molar-refractivity contribution in [3.05, 3.63) is 71.3 Å². The van der Waals surface area contributed by atoms with Crippen molar-refractivity contribution in [3.63, 3.8) is 0 Å². The summed E-state index contributed by atoms with van der Waals surface area (Å²) in [5.74, 6) is -2.58. The van der Waals surface area contributed by atoms with Crippen LogP contribution in [-0.2, 0) is 32.1 Å². The average molecular weight is 383 g/mol. The van der Waals surface area contributed by atoms with Crippen LogP contribution in [0.4, 0.5) is 0 Å². The first kappa shape index (κ1) is 20.8. The van der Waals surface area contributed by atoms with E-state index in [1.807, 2.05) is 6.07 Å². The number of aldehydes is 1. The number of aromatic carboxylic acids is 1. The number of carbonyl (C=O) groups excluding carboxylic acids is 3. The molecule has 0 spiro atoms. The van der Waals surface area contributed by atoms with Gasteiger partial charge in [0.05, 0.1) is 12.0 Å². The summed E-state index contributed by atoms with van der Waals surface area (Å²) in [6.07, 6.45) is 1.36. The third-order valence-electron chi connectivity index (χ3n) is 4.08. The van der Waals surface area contributed by atoms with Gasteiger partial charge in [-0.05, 0) is 36.1 Å². The predicted molar refractivity (Wildman–Crippen MR) is 100 cm³/mol. The van der Waals surface area contributed by atoms with Gasteiger partial charge in [-0.25, -0.2) is 9.59 Å². The van der Waals surface area contributed by atoms with Gasteiger partial charge in [0.25, 0.3) is 5.91 Å². The van der Waals surface area contributed by atoms with Crippen LogP contribution in [-0.4, -0.2) is 29.2 Å². The van der Waals surface area contributed by atoms with E-state index in [0.717, 1.165) is 11.8 Å². The number of nitrogens with one attached hydrogen (secondary N) is 1. The molecule has 7 heteroatoms. The zero-order chi connectivity index (χ0) is 20.4. The minimum absolute atomic E-state index is 0.000640. The first-order valence-corrected chi connectivity index (χ1v) is 8.78. The highest BCUT2D eigenvalue weighted by molar-refractivity contribution is 5.87. The lowest BCUT2D eigenvalue weighted by Gasteiger charge is -2.11. The molecular weight excluding hydrogens is 362 g/mol. The molecule has 1 atom stereocenters. The van der Waals surface area contributed by atoms with Gasteiger partial charge in [0.1, 0.15) is 6.29 Å². The van der Waals surface area contributed by atoms with Gasteiger partial charge in [0, 0.05) is 12.3 Å². The van der Waals surface area contributed by atoms with Crippen LogP contribution >= 0.6 is 0 Å². The van der Waals surface area contributed by atoms with Crippen LogP contribution in [0.3, 0.4) is 0 Å². The van der Waals surface area contributed by atoms with Crippen molar-refractivity contribution in [3.8, 4) is 0 Å². The first-order valence-electron chi connectivity index (χ1n) is 8.78.